The van der Waals surface area contributed by atoms with Gasteiger partial charge in [-0.1, -0.05) is 6.92 Å². The summed E-state index contributed by atoms with van der Waals surface area (Å²) in [6, 6.07) is 5.70. The molecule has 0 unspecified atom stereocenters. The Morgan fingerprint density at radius 3 is 2.55 bits per heavy atom. The molecule has 0 atom stereocenters. The fourth-order valence-corrected chi connectivity index (χ4v) is 4.17. The van der Waals surface area contributed by atoms with Gasteiger partial charge in [0.15, 0.2) is 0 Å². The molecule has 0 amide bonds. The van der Waals surface area contributed by atoms with Crippen molar-refractivity contribution in [1.29, 1.82) is 0 Å². The Kier molecular flexibility index (Phi) is 5.22. The first-order valence-corrected chi connectivity index (χ1v) is 10.1. The first-order valence-electron chi connectivity index (χ1n) is 10.1. The molecule has 1 aliphatic carbocycles. The molecule has 0 bridgehead atoms. The molecule has 7 nitrogen and oxygen atoms in total. The fourth-order valence-electron chi connectivity index (χ4n) is 4.17. The first kappa shape index (κ1) is 19.4. The third-order valence-electron chi connectivity index (χ3n) is 5.91. The van der Waals surface area contributed by atoms with Crippen LogP contribution in [0, 0.1) is 12.8 Å². The largest absolute Gasteiger partial charge is 0.481 e. The lowest BCUT2D eigenvalue weighted by molar-refractivity contribution is 0.289. The van der Waals surface area contributed by atoms with E-state index >= 15 is 0 Å². The minimum absolute atomic E-state index is 0.0239. The van der Waals surface area contributed by atoms with Crippen LogP contribution in [-0.2, 0) is 0 Å². The van der Waals surface area contributed by atoms with Crippen molar-refractivity contribution >= 4 is 17.0 Å². The Morgan fingerprint density at radius 2 is 1.93 bits per heavy atom. The average molecular weight is 393 g/mol. The Bertz CT molecular complexity index is 1080. The predicted octanol–water partition coefficient (Wildman–Crippen LogP) is 3.96. The van der Waals surface area contributed by atoms with E-state index in [9.17, 15) is 4.79 Å². The Balaban J connectivity index is 1.96. The maximum absolute atomic E-state index is 13.7. The summed E-state index contributed by atoms with van der Waals surface area (Å²) in [5.41, 5.74) is 2.92. The van der Waals surface area contributed by atoms with Crippen molar-refractivity contribution in [3.8, 4) is 17.0 Å². The summed E-state index contributed by atoms with van der Waals surface area (Å²) in [5, 5.41) is 3.91. The van der Waals surface area contributed by atoms with Gasteiger partial charge in [-0.25, -0.2) is 9.97 Å². The molecule has 0 saturated heterocycles. The lowest BCUT2D eigenvalue weighted by Gasteiger charge is -2.29. The number of fused-ring (bicyclic) bond motifs is 1. The molecule has 1 saturated carbocycles. The van der Waals surface area contributed by atoms with Gasteiger partial charge in [-0.15, -0.1) is 0 Å². The van der Waals surface area contributed by atoms with Gasteiger partial charge in [0.05, 0.1) is 12.8 Å². The Labute approximate surface area is 170 Å². The van der Waals surface area contributed by atoms with Crippen LogP contribution in [-0.4, -0.2) is 33.7 Å². The summed E-state index contributed by atoms with van der Waals surface area (Å²) in [4.78, 5) is 27.2. The third kappa shape index (κ3) is 3.57. The van der Waals surface area contributed by atoms with E-state index in [2.05, 4.69) is 27.2 Å². The predicted molar refractivity (Wildman–Crippen MR) is 115 cm³/mol. The zero-order valence-corrected chi connectivity index (χ0v) is 17.4. The van der Waals surface area contributed by atoms with Gasteiger partial charge in [-0.05, 0) is 50.7 Å². The number of pyridine rings is 2. The SMILES string of the molecule is CNc1nc(C)c2cc(-c3ccc(OC)nc3)c(=O)n(C3CCC(C)CC3)c2n1. The van der Waals surface area contributed by atoms with Gasteiger partial charge in [0.1, 0.15) is 5.65 Å². The quantitative estimate of drug-likeness (QED) is 0.722. The number of aryl methyl sites for hydroxylation is 1. The molecule has 1 fully saturated rings. The fraction of sp³-hybridized carbons (Fsp3) is 0.455. The molecular formula is C22H27N5O2. The van der Waals surface area contributed by atoms with E-state index < -0.39 is 0 Å². The van der Waals surface area contributed by atoms with Gasteiger partial charge in [0.2, 0.25) is 11.8 Å². The first-order chi connectivity index (χ1) is 14.0. The molecule has 1 aliphatic rings. The zero-order valence-electron chi connectivity index (χ0n) is 17.4. The van der Waals surface area contributed by atoms with Gasteiger partial charge in [0, 0.05) is 41.9 Å². The maximum atomic E-state index is 13.7. The maximum Gasteiger partial charge on any atom is 0.260 e. The highest BCUT2D eigenvalue weighted by atomic mass is 16.5. The number of ether oxygens (including phenoxy) is 1. The van der Waals surface area contributed by atoms with Gasteiger partial charge in [-0.3, -0.25) is 9.36 Å². The molecule has 0 radical (unpaired) electrons. The van der Waals surface area contributed by atoms with Crippen LogP contribution in [0.4, 0.5) is 5.95 Å². The van der Waals surface area contributed by atoms with Crippen LogP contribution in [0.15, 0.2) is 29.2 Å². The molecule has 3 aromatic heterocycles. The molecule has 7 heteroatoms. The number of hydrogen-bond acceptors (Lipinski definition) is 6. The van der Waals surface area contributed by atoms with E-state index in [0.29, 0.717) is 29.0 Å². The summed E-state index contributed by atoms with van der Waals surface area (Å²) in [7, 11) is 3.37. The van der Waals surface area contributed by atoms with E-state index in [0.717, 1.165) is 42.3 Å². The number of rotatable bonds is 4. The smallest absolute Gasteiger partial charge is 0.260 e. The third-order valence-corrected chi connectivity index (χ3v) is 5.91. The van der Waals surface area contributed by atoms with Crippen molar-refractivity contribution in [1.82, 2.24) is 19.5 Å². The highest BCUT2D eigenvalue weighted by Crippen LogP contribution is 2.34. The van der Waals surface area contributed by atoms with Gasteiger partial charge < -0.3 is 10.1 Å². The Hall–Kier alpha value is -2.96. The van der Waals surface area contributed by atoms with E-state index in [-0.39, 0.29) is 11.6 Å². The summed E-state index contributed by atoms with van der Waals surface area (Å²) in [6.45, 7) is 4.24. The number of hydrogen-bond donors (Lipinski definition) is 1. The molecule has 3 aromatic rings. The minimum Gasteiger partial charge on any atom is -0.481 e. The molecule has 29 heavy (non-hydrogen) atoms. The van der Waals surface area contributed by atoms with Crippen LogP contribution in [0.1, 0.15) is 44.3 Å². The van der Waals surface area contributed by atoms with Crippen molar-refractivity contribution in [2.75, 3.05) is 19.5 Å². The molecular weight excluding hydrogens is 366 g/mol. The van der Waals surface area contributed by atoms with E-state index in [4.69, 9.17) is 4.74 Å². The van der Waals surface area contributed by atoms with Crippen molar-refractivity contribution in [3.63, 3.8) is 0 Å². The van der Waals surface area contributed by atoms with Gasteiger partial charge in [0.25, 0.3) is 5.56 Å². The van der Waals surface area contributed by atoms with Gasteiger partial charge >= 0.3 is 0 Å². The normalized spacial score (nSPS) is 19.3. The van der Waals surface area contributed by atoms with E-state index in [1.165, 1.54) is 0 Å². The summed E-state index contributed by atoms with van der Waals surface area (Å²) in [5.74, 6) is 1.76. The van der Waals surface area contributed by atoms with E-state index in [1.54, 1.807) is 26.4 Å². The number of anilines is 1. The standard InChI is InChI=1S/C22H27N5O2/c1-13-5-8-16(9-6-13)27-20-17(14(2)25-22(23-3)26-20)11-18(21(27)28)15-7-10-19(29-4)24-12-15/h7,10-13,16H,5-6,8-9H2,1-4H3,(H,23,25,26). The van der Waals surface area contributed by atoms with Crippen molar-refractivity contribution in [2.45, 2.75) is 45.6 Å². The van der Waals surface area contributed by atoms with E-state index in [1.807, 2.05) is 23.6 Å². The average Bonchev–Trinajstić information content (AvgIpc) is 2.74. The molecule has 0 aliphatic heterocycles. The summed E-state index contributed by atoms with van der Waals surface area (Å²) in [6.07, 6.45) is 5.90. The zero-order chi connectivity index (χ0) is 20.5. The molecule has 152 valence electrons. The number of nitrogens with zero attached hydrogens (tertiary/aromatic N) is 4. The lowest BCUT2D eigenvalue weighted by Crippen LogP contribution is -2.30. The number of methoxy groups -OCH3 is 1. The topological polar surface area (TPSA) is 81.9 Å². The van der Waals surface area contributed by atoms with Gasteiger partial charge in [-0.2, -0.15) is 4.98 Å². The van der Waals surface area contributed by atoms with Crippen LogP contribution in [0.5, 0.6) is 5.88 Å². The van der Waals surface area contributed by atoms with Crippen LogP contribution >= 0.6 is 0 Å². The number of nitrogens with one attached hydrogen (secondary N) is 1. The summed E-state index contributed by atoms with van der Waals surface area (Å²) >= 11 is 0. The van der Waals surface area contributed by atoms with Crippen molar-refractivity contribution in [3.05, 3.63) is 40.4 Å². The highest BCUT2D eigenvalue weighted by Gasteiger charge is 2.25. The molecule has 1 N–H and O–H groups in total. The van der Waals surface area contributed by atoms with Crippen LogP contribution < -0.4 is 15.6 Å². The second-order valence-electron chi connectivity index (χ2n) is 7.86. The second kappa shape index (κ2) is 7.81. The van der Waals surface area contributed by atoms with Crippen molar-refractivity contribution < 1.29 is 4.74 Å². The number of aromatic nitrogens is 4. The monoisotopic (exact) mass is 393 g/mol. The molecule has 4 rings (SSSR count). The minimum atomic E-state index is -0.0239. The van der Waals surface area contributed by atoms with Crippen LogP contribution in [0.2, 0.25) is 0 Å². The molecule has 3 heterocycles. The highest BCUT2D eigenvalue weighted by molar-refractivity contribution is 5.84. The lowest BCUT2D eigenvalue weighted by atomic mass is 9.87. The van der Waals surface area contributed by atoms with Crippen LogP contribution in [0.3, 0.4) is 0 Å². The Morgan fingerprint density at radius 1 is 1.17 bits per heavy atom. The van der Waals surface area contributed by atoms with Crippen LogP contribution in [0.25, 0.3) is 22.2 Å². The summed E-state index contributed by atoms with van der Waals surface area (Å²) < 4.78 is 7.06. The van der Waals surface area contributed by atoms with Crippen molar-refractivity contribution in [2.24, 2.45) is 5.92 Å². The second-order valence-corrected chi connectivity index (χ2v) is 7.86. The molecule has 0 aromatic carbocycles. The molecule has 0 spiro atoms.